The molecule has 0 bridgehead atoms. The van der Waals surface area contributed by atoms with Gasteiger partial charge >= 0.3 is 0 Å². The van der Waals surface area contributed by atoms with Crippen LogP contribution in [0.3, 0.4) is 0 Å². The van der Waals surface area contributed by atoms with Crippen LogP contribution in [0.15, 0.2) is 40.6 Å². The summed E-state index contributed by atoms with van der Waals surface area (Å²) in [5, 5.41) is 21.1. The summed E-state index contributed by atoms with van der Waals surface area (Å²) in [6.07, 6.45) is 10.3. The molecule has 2 unspecified atom stereocenters. The summed E-state index contributed by atoms with van der Waals surface area (Å²) in [7, 11) is -3.54. The van der Waals surface area contributed by atoms with Gasteiger partial charge in [0.2, 0.25) is 10.0 Å². The molecule has 184 valence electrons. The van der Waals surface area contributed by atoms with Crippen LogP contribution >= 0.6 is 11.3 Å². The molecular weight excluding hydrogens is 456 g/mol. The van der Waals surface area contributed by atoms with Crippen LogP contribution in [0.4, 0.5) is 0 Å². The lowest BCUT2D eigenvalue weighted by molar-refractivity contribution is -0.0896. The summed E-state index contributed by atoms with van der Waals surface area (Å²) in [6, 6.07) is 10.6. The zero-order valence-electron chi connectivity index (χ0n) is 19.6. The van der Waals surface area contributed by atoms with Gasteiger partial charge in [0.15, 0.2) is 0 Å². The van der Waals surface area contributed by atoms with Gasteiger partial charge in [0, 0.05) is 29.1 Å². The first-order valence-corrected chi connectivity index (χ1v) is 14.5. The molecule has 2 heterocycles. The molecule has 0 amide bonds. The molecule has 1 aliphatic rings. The van der Waals surface area contributed by atoms with Crippen molar-refractivity contribution in [2.24, 2.45) is 0 Å². The Kier molecular flexibility index (Phi) is 10.3. The number of hydrogen-bond acceptors (Lipinski definition) is 6. The number of unbranched alkanes of at least 4 members (excludes halogenated alkanes) is 9. The van der Waals surface area contributed by atoms with Gasteiger partial charge in [-0.15, -0.1) is 11.3 Å². The minimum absolute atomic E-state index is 0.269. The van der Waals surface area contributed by atoms with E-state index >= 15 is 0 Å². The summed E-state index contributed by atoms with van der Waals surface area (Å²) in [5.74, 6) is 0. The molecule has 2 atom stereocenters. The molecular formula is C25H38N2O4S2. The van der Waals surface area contributed by atoms with Crippen molar-refractivity contribution in [1.29, 1.82) is 0 Å². The maximum atomic E-state index is 12.6. The normalized spacial score (nSPS) is 18.6. The molecule has 8 heteroatoms. The van der Waals surface area contributed by atoms with E-state index in [-0.39, 0.29) is 10.8 Å². The number of rotatable bonds is 15. The Morgan fingerprint density at radius 3 is 1.97 bits per heavy atom. The number of sulfonamides is 1. The Bertz CT molecular complexity index is 932. The van der Waals surface area contributed by atoms with Gasteiger partial charge in [-0.05, 0) is 18.6 Å². The molecule has 0 spiro atoms. The van der Waals surface area contributed by atoms with E-state index in [0.29, 0.717) is 17.7 Å². The fraction of sp³-hybridized carbons (Fsp3) is 0.600. The topological polar surface area (TPSA) is 89.9 Å². The second-order valence-electron chi connectivity index (χ2n) is 8.85. The lowest BCUT2D eigenvalue weighted by Gasteiger charge is -2.23. The van der Waals surface area contributed by atoms with Crippen LogP contribution in [0.5, 0.6) is 0 Å². The number of benzene rings is 1. The van der Waals surface area contributed by atoms with E-state index in [0.717, 1.165) is 24.1 Å². The standard InChI is InChI=1S/C25H38N2O4S2/c1-2-3-4-5-6-7-8-9-10-13-18-26-33(30,31)23-17-16-20(32-23)19-27-24(28)21-14-11-12-15-22(21)25(27)29/h11-12,14-17,24-26,28-29H,2-10,13,18-19H2,1H3. The number of thiophene rings is 1. The Morgan fingerprint density at radius 1 is 0.848 bits per heavy atom. The van der Waals surface area contributed by atoms with Crippen LogP contribution in [0.2, 0.25) is 0 Å². The third kappa shape index (κ3) is 7.34. The van der Waals surface area contributed by atoms with Crippen LogP contribution in [-0.2, 0) is 16.6 Å². The molecule has 0 fully saturated rings. The van der Waals surface area contributed by atoms with Crippen LogP contribution in [0, 0.1) is 0 Å². The molecule has 3 rings (SSSR count). The number of fused-ring (bicyclic) bond motifs is 1. The van der Waals surface area contributed by atoms with Crippen molar-refractivity contribution in [3.8, 4) is 0 Å². The van der Waals surface area contributed by atoms with E-state index < -0.39 is 22.5 Å². The summed E-state index contributed by atoms with van der Waals surface area (Å²) >= 11 is 1.18. The largest absolute Gasteiger partial charge is 0.374 e. The third-order valence-electron chi connectivity index (χ3n) is 6.24. The highest BCUT2D eigenvalue weighted by atomic mass is 32.2. The highest BCUT2D eigenvalue weighted by Crippen LogP contribution is 2.40. The number of nitrogens with one attached hydrogen (secondary N) is 1. The van der Waals surface area contributed by atoms with Gasteiger partial charge < -0.3 is 10.2 Å². The van der Waals surface area contributed by atoms with Gasteiger partial charge in [0.1, 0.15) is 16.7 Å². The van der Waals surface area contributed by atoms with Crippen molar-refractivity contribution < 1.29 is 18.6 Å². The zero-order valence-corrected chi connectivity index (χ0v) is 21.2. The van der Waals surface area contributed by atoms with Crippen molar-refractivity contribution in [2.75, 3.05) is 6.54 Å². The van der Waals surface area contributed by atoms with E-state index in [1.807, 2.05) is 12.1 Å². The molecule has 0 saturated carbocycles. The lowest BCUT2D eigenvalue weighted by Crippen LogP contribution is -2.25. The molecule has 0 aliphatic carbocycles. The monoisotopic (exact) mass is 494 g/mol. The van der Waals surface area contributed by atoms with Crippen molar-refractivity contribution in [3.63, 3.8) is 0 Å². The number of hydrogen-bond donors (Lipinski definition) is 3. The summed E-state index contributed by atoms with van der Waals surface area (Å²) in [4.78, 5) is 2.34. The number of nitrogens with zero attached hydrogens (tertiary/aromatic N) is 1. The Hall–Kier alpha value is -1.29. The Morgan fingerprint density at radius 2 is 1.39 bits per heavy atom. The van der Waals surface area contributed by atoms with E-state index in [1.165, 1.54) is 56.3 Å². The van der Waals surface area contributed by atoms with Crippen LogP contribution in [-0.4, -0.2) is 30.1 Å². The molecule has 1 aliphatic heterocycles. The third-order valence-corrected chi connectivity index (χ3v) is 9.27. The second-order valence-corrected chi connectivity index (χ2v) is 12.0. The van der Waals surface area contributed by atoms with Gasteiger partial charge in [-0.25, -0.2) is 18.0 Å². The fourth-order valence-electron chi connectivity index (χ4n) is 4.30. The average molecular weight is 495 g/mol. The summed E-state index contributed by atoms with van der Waals surface area (Å²) in [5.41, 5.74) is 1.38. The quantitative estimate of drug-likeness (QED) is 0.287. The zero-order chi connectivity index (χ0) is 23.7. The van der Waals surface area contributed by atoms with Gasteiger partial charge in [-0.1, -0.05) is 89.0 Å². The number of aliphatic hydroxyl groups is 2. The maximum absolute atomic E-state index is 12.6. The summed E-state index contributed by atoms with van der Waals surface area (Å²) in [6.45, 7) is 2.95. The van der Waals surface area contributed by atoms with Crippen LogP contribution < -0.4 is 4.72 Å². The Labute approximate surface area is 202 Å². The smallest absolute Gasteiger partial charge is 0.250 e. The molecule has 0 saturated heterocycles. The molecule has 2 aromatic rings. The molecule has 1 aromatic heterocycles. The van der Waals surface area contributed by atoms with E-state index in [4.69, 9.17) is 0 Å². The van der Waals surface area contributed by atoms with Crippen molar-refractivity contribution in [3.05, 3.63) is 52.4 Å². The van der Waals surface area contributed by atoms with Crippen molar-refractivity contribution >= 4 is 21.4 Å². The fourth-order valence-corrected chi connectivity index (χ4v) is 6.79. The van der Waals surface area contributed by atoms with Crippen molar-refractivity contribution in [2.45, 2.75) is 94.3 Å². The lowest BCUT2D eigenvalue weighted by atomic mass is 10.1. The van der Waals surface area contributed by atoms with E-state index in [1.54, 1.807) is 29.2 Å². The predicted molar refractivity (Wildman–Crippen MR) is 133 cm³/mol. The first kappa shape index (κ1) is 26.3. The Balaban J connectivity index is 1.38. The predicted octanol–water partition coefficient (Wildman–Crippen LogP) is 5.44. The first-order chi connectivity index (χ1) is 15.9. The minimum atomic E-state index is -3.54. The van der Waals surface area contributed by atoms with Crippen molar-refractivity contribution in [1.82, 2.24) is 9.62 Å². The van der Waals surface area contributed by atoms with E-state index in [2.05, 4.69) is 11.6 Å². The minimum Gasteiger partial charge on any atom is -0.374 e. The highest BCUT2D eigenvalue weighted by Gasteiger charge is 2.36. The van der Waals surface area contributed by atoms with Gasteiger partial charge in [-0.2, -0.15) is 0 Å². The first-order valence-electron chi connectivity index (χ1n) is 12.2. The van der Waals surface area contributed by atoms with Gasteiger partial charge in [0.05, 0.1) is 0 Å². The van der Waals surface area contributed by atoms with Crippen LogP contribution in [0.25, 0.3) is 0 Å². The average Bonchev–Trinajstić information content (AvgIpc) is 3.38. The van der Waals surface area contributed by atoms with Crippen LogP contribution in [0.1, 0.15) is 99.6 Å². The molecule has 6 nitrogen and oxygen atoms in total. The molecule has 0 radical (unpaired) electrons. The SMILES string of the molecule is CCCCCCCCCCCCNS(=O)(=O)c1ccc(CN2C(O)c3ccccc3C2O)s1. The molecule has 33 heavy (non-hydrogen) atoms. The highest BCUT2D eigenvalue weighted by molar-refractivity contribution is 7.91. The van der Waals surface area contributed by atoms with Gasteiger partial charge in [-0.3, -0.25) is 0 Å². The number of aliphatic hydroxyl groups excluding tert-OH is 2. The summed E-state index contributed by atoms with van der Waals surface area (Å²) < 4.78 is 28.3. The second kappa shape index (κ2) is 13.0. The van der Waals surface area contributed by atoms with Gasteiger partial charge in [0.25, 0.3) is 0 Å². The molecule has 1 aromatic carbocycles. The molecule has 3 N–H and O–H groups in total. The maximum Gasteiger partial charge on any atom is 0.250 e. The van der Waals surface area contributed by atoms with E-state index in [9.17, 15) is 18.6 Å².